The number of ether oxygens (including phenoxy) is 2. The van der Waals surface area contributed by atoms with E-state index < -0.39 is 11.9 Å². The van der Waals surface area contributed by atoms with Gasteiger partial charge in [-0.1, -0.05) is 34.5 Å². The number of aliphatic hydroxyl groups is 1. The van der Waals surface area contributed by atoms with Gasteiger partial charge >= 0.3 is 0 Å². The summed E-state index contributed by atoms with van der Waals surface area (Å²) in [5.41, 5.74) is 6.71. The maximum absolute atomic E-state index is 14.4. The molecule has 6 nitrogen and oxygen atoms in total. The van der Waals surface area contributed by atoms with Gasteiger partial charge < -0.3 is 20.3 Å². The van der Waals surface area contributed by atoms with E-state index in [2.05, 4.69) is 10.2 Å². The molecule has 0 spiro atoms. The van der Waals surface area contributed by atoms with E-state index in [1.807, 2.05) is 13.0 Å². The molecule has 3 N–H and O–H groups in total. The molecule has 0 radical (unpaired) electrons. The fraction of sp³-hybridized carbons (Fsp3) is 0.263. The maximum atomic E-state index is 14.4. The highest BCUT2D eigenvalue weighted by Gasteiger charge is 2.17. The molecule has 3 aromatic rings. The maximum Gasteiger partial charge on any atom is 0.165 e. The summed E-state index contributed by atoms with van der Waals surface area (Å²) in [6.07, 6.45) is 0. The molecule has 2 aromatic carbocycles. The van der Waals surface area contributed by atoms with Crippen LogP contribution in [0.1, 0.15) is 6.92 Å². The fourth-order valence-electron chi connectivity index (χ4n) is 2.41. The van der Waals surface area contributed by atoms with Crippen molar-refractivity contribution in [3.05, 3.63) is 46.2 Å². The minimum Gasteiger partial charge on any atom is -0.492 e. The molecule has 0 saturated heterocycles. The lowest BCUT2D eigenvalue weighted by molar-refractivity contribution is 0.202. The molecular weight excluding hydrogens is 476 g/mol. The second-order valence-corrected chi connectivity index (χ2v) is 7.80. The van der Waals surface area contributed by atoms with Crippen molar-refractivity contribution in [3.63, 3.8) is 0 Å². The first kappa shape index (κ1) is 24.6. The van der Waals surface area contributed by atoms with Crippen LogP contribution in [-0.4, -0.2) is 41.2 Å². The van der Waals surface area contributed by atoms with Crippen LogP contribution in [0.4, 0.5) is 4.39 Å². The number of nitrogens with two attached hydrogens (primary N) is 1. The summed E-state index contributed by atoms with van der Waals surface area (Å²) >= 11 is 13.8. The summed E-state index contributed by atoms with van der Waals surface area (Å²) in [5.74, 6) is -0.0784. The first-order valence-corrected chi connectivity index (χ1v) is 10.2. The van der Waals surface area contributed by atoms with Crippen LogP contribution in [0, 0.1) is 5.82 Å². The quantitative estimate of drug-likeness (QED) is 0.466. The molecule has 0 amide bonds. The van der Waals surface area contributed by atoms with Gasteiger partial charge in [-0.15, -0.1) is 22.6 Å². The highest BCUT2D eigenvalue weighted by Crippen LogP contribution is 2.38. The van der Waals surface area contributed by atoms with E-state index >= 15 is 0 Å². The van der Waals surface area contributed by atoms with Gasteiger partial charge in [0.15, 0.2) is 11.6 Å². The normalized spacial score (nSPS) is 11.7. The van der Waals surface area contributed by atoms with Crippen LogP contribution in [0.3, 0.4) is 0 Å². The Hall–Kier alpha value is -1.68. The summed E-state index contributed by atoms with van der Waals surface area (Å²) < 4.78 is 25.1. The van der Waals surface area contributed by atoms with Gasteiger partial charge in [0.2, 0.25) is 0 Å². The molecule has 0 bridgehead atoms. The summed E-state index contributed by atoms with van der Waals surface area (Å²) in [7, 11) is 0. The Morgan fingerprint density at radius 1 is 1.10 bits per heavy atom. The first-order chi connectivity index (χ1) is 13.9. The lowest BCUT2D eigenvalue weighted by atomic mass is 10.2. The molecule has 1 heterocycles. The number of hydrogen-bond acceptors (Lipinski definition) is 7. The Morgan fingerprint density at radius 3 is 2.50 bits per heavy atom. The van der Waals surface area contributed by atoms with Crippen molar-refractivity contribution in [1.29, 1.82) is 0 Å². The molecule has 0 unspecified atom stereocenters. The number of hydrogen-bond donors (Lipinski definition) is 2. The van der Waals surface area contributed by atoms with E-state index in [9.17, 15) is 4.39 Å². The molecule has 30 heavy (non-hydrogen) atoms. The van der Waals surface area contributed by atoms with Crippen molar-refractivity contribution in [2.24, 2.45) is 5.73 Å². The average Bonchev–Trinajstić information content (AvgIpc) is 3.19. The number of aromatic nitrogens is 2. The van der Waals surface area contributed by atoms with E-state index in [-0.39, 0.29) is 36.4 Å². The molecule has 1 aromatic heterocycles. The highest BCUT2D eigenvalue weighted by atomic mass is 35.5. The van der Waals surface area contributed by atoms with Crippen LogP contribution in [0.5, 0.6) is 11.5 Å². The average molecular weight is 495 g/mol. The fourth-order valence-corrected chi connectivity index (χ4v) is 3.81. The van der Waals surface area contributed by atoms with Gasteiger partial charge in [-0.25, -0.2) is 4.39 Å². The highest BCUT2D eigenvalue weighted by molar-refractivity contribution is 7.18. The van der Waals surface area contributed by atoms with Crippen molar-refractivity contribution in [3.8, 4) is 32.6 Å². The summed E-state index contributed by atoms with van der Waals surface area (Å²) in [6, 6.07) is 7.30. The lowest BCUT2D eigenvalue weighted by Crippen LogP contribution is -2.31. The predicted octanol–water partition coefficient (Wildman–Crippen LogP) is 4.84. The van der Waals surface area contributed by atoms with E-state index in [1.54, 1.807) is 12.1 Å². The van der Waals surface area contributed by atoms with Gasteiger partial charge in [0.1, 0.15) is 22.4 Å². The number of aliphatic hydroxyl groups excluding tert-OH is 1. The third-order valence-corrected chi connectivity index (χ3v) is 5.46. The zero-order valence-corrected chi connectivity index (χ0v) is 18.9. The second kappa shape index (κ2) is 11.1. The van der Waals surface area contributed by atoms with E-state index in [0.29, 0.717) is 33.0 Å². The summed E-state index contributed by atoms with van der Waals surface area (Å²) in [5, 5.41) is 19.0. The largest absolute Gasteiger partial charge is 0.492 e. The van der Waals surface area contributed by atoms with Gasteiger partial charge in [-0.3, -0.25) is 0 Å². The van der Waals surface area contributed by atoms with Crippen molar-refractivity contribution in [1.82, 2.24) is 10.2 Å². The molecule has 11 heteroatoms. The Kier molecular flexibility index (Phi) is 9.09. The molecule has 162 valence electrons. The number of nitrogens with zero attached hydrogens (tertiary/aromatic N) is 2. The van der Waals surface area contributed by atoms with Crippen molar-refractivity contribution >= 4 is 46.9 Å². The van der Waals surface area contributed by atoms with Crippen LogP contribution in [-0.2, 0) is 0 Å². The van der Waals surface area contributed by atoms with Crippen LogP contribution in [0.2, 0.25) is 10.0 Å². The minimum atomic E-state index is -0.615. The third kappa shape index (κ3) is 5.72. The Morgan fingerprint density at radius 2 is 1.83 bits per heavy atom. The minimum absolute atomic E-state index is 0. The SMILES string of the molecule is CCOc1ccc(-c2nnc(-c3cc(F)c(OC[C@H](N)CO)cc3Cl)s2)cc1Cl.Cl. The monoisotopic (exact) mass is 493 g/mol. The molecule has 0 aliphatic rings. The second-order valence-electron chi connectivity index (χ2n) is 6.01. The Bertz CT molecular complexity index is 1010. The van der Waals surface area contributed by atoms with Crippen LogP contribution < -0.4 is 15.2 Å². The summed E-state index contributed by atoms with van der Waals surface area (Å²) in [6.45, 7) is 2.08. The van der Waals surface area contributed by atoms with Gasteiger partial charge in [0.25, 0.3) is 0 Å². The summed E-state index contributed by atoms with van der Waals surface area (Å²) in [4.78, 5) is 0. The first-order valence-electron chi connectivity index (χ1n) is 8.67. The topological polar surface area (TPSA) is 90.5 Å². The number of benzene rings is 2. The smallest absolute Gasteiger partial charge is 0.165 e. The van der Waals surface area contributed by atoms with Gasteiger partial charge in [-0.05, 0) is 31.2 Å². The van der Waals surface area contributed by atoms with Gasteiger partial charge in [0.05, 0.1) is 29.3 Å². The third-order valence-electron chi connectivity index (χ3n) is 3.84. The van der Waals surface area contributed by atoms with E-state index in [1.165, 1.54) is 23.5 Å². The van der Waals surface area contributed by atoms with E-state index in [0.717, 1.165) is 5.56 Å². The van der Waals surface area contributed by atoms with Crippen molar-refractivity contribution in [2.75, 3.05) is 19.8 Å². The molecule has 0 aliphatic heterocycles. The molecule has 0 fully saturated rings. The lowest BCUT2D eigenvalue weighted by Gasteiger charge is -2.12. The van der Waals surface area contributed by atoms with Crippen LogP contribution in [0.25, 0.3) is 21.1 Å². The van der Waals surface area contributed by atoms with Crippen LogP contribution >= 0.6 is 46.9 Å². The van der Waals surface area contributed by atoms with Crippen molar-refractivity contribution < 1.29 is 19.0 Å². The van der Waals surface area contributed by atoms with Crippen LogP contribution in [0.15, 0.2) is 30.3 Å². The molecule has 0 saturated carbocycles. The zero-order valence-electron chi connectivity index (χ0n) is 15.8. The Labute approximate surface area is 193 Å². The zero-order chi connectivity index (χ0) is 21.0. The van der Waals surface area contributed by atoms with Crippen molar-refractivity contribution in [2.45, 2.75) is 13.0 Å². The van der Waals surface area contributed by atoms with Gasteiger partial charge in [0, 0.05) is 17.2 Å². The van der Waals surface area contributed by atoms with E-state index in [4.69, 9.17) is 43.5 Å². The molecule has 3 rings (SSSR count). The Balaban J connectivity index is 0.00000320. The molecule has 0 aliphatic carbocycles. The predicted molar refractivity (Wildman–Crippen MR) is 120 cm³/mol. The number of rotatable bonds is 8. The number of halogens is 4. The molecule has 1 atom stereocenters. The van der Waals surface area contributed by atoms with Gasteiger partial charge in [-0.2, -0.15) is 0 Å². The standard InChI is InChI=1S/C19H18Cl2FN3O3S.ClH/c1-2-27-16-4-3-10(5-14(16)21)18-24-25-19(29-18)12-6-15(22)17(7-13(12)20)28-9-11(23)8-26;/h3-7,11,26H,2,8-9,23H2,1H3;1H/t11-;/m1./s1. The molecular formula is C19H19Cl3FN3O3S.